The highest BCUT2D eigenvalue weighted by atomic mass is 16.6. The Labute approximate surface area is 164 Å². The van der Waals surface area contributed by atoms with Gasteiger partial charge in [-0.1, -0.05) is 0 Å². The van der Waals surface area contributed by atoms with E-state index < -0.39 is 0 Å². The summed E-state index contributed by atoms with van der Waals surface area (Å²) >= 11 is 0. The lowest BCUT2D eigenvalue weighted by atomic mass is 9.87. The number of aromatic nitrogens is 2. The predicted molar refractivity (Wildman–Crippen MR) is 107 cm³/mol. The zero-order chi connectivity index (χ0) is 19.9. The average molecular weight is 388 g/mol. The lowest BCUT2D eigenvalue weighted by Gasteiger charge is -2.44. The lowest BCUT2D eigenvalue weighted by molar-refractivity contribution is -0.146. The van der Waals surface area contributed by atoms with Crippen molar-refractivity contribution in [2.75, 3.05) is 38.7 Å². The van der Waals surface area contributed by atoms with E-state index in [9.17, 15) is 9.59 Å². The van der Waals surface area contributed by atoms with Gasteiger partial charge >= 0.3 is 5.69 Å². The number of nitrogens with zero attached hydrogens (tertiary/aromatic N) is 3. The van der Waals surface area contributed by atoms with Gasteiger partial charge in [0.15, 0.2) is 0 Å². The second-order valence-corrected chi connectivity index (χ2v) is 7.89. The molecule has 2 aromatic rings. The van der Waals surface area contributed by atoms with Crippen LogP contribution in [-0.4, -0.2) is 65.0 Å². The van der Waals surface area contributed by atoms with Gasteiger partial charge in [0.1, 0.15) is 5.60 Å². The zero-order valence-electron chi connectivity index (χ0n) is 16.7. The number of rotatable bonds is 4. The van der Waals surface area contributed by atoms with E-state index in [4.69, 9.17) is 9.47 Å². The Balaban J connectivity index is 1.44. The monoisotopic (exact) mass is 388 g/mol. The number of aryl methyl sites for hydroxylation is 2. The second kappa shape index (κ2) is 7.35. The van der Waals surface area contributed by atoms with E-state index in [2.05, 4.69) is 10.2 Å². The fourth-order valence-electron chi connectivity index (χ4n) is 4.68. The van der Waals surface area contributed by atoms with Crippen LogP contribution >= 0.6 is 0 Å². The third kappa shape index (κ3) is 3.25. The molecule has 1 aromatic carbocycles. The maximum absolute atomic E-state index is 12.6. The molecule has 1 N–H and O–H groups in total. The number of imidazole rings is 1. The molecule has 8 heteroatoms. The van der Waals surface area contributed by atoms with E-state index in [1.54, 1.807) is 30.3 Å². The van der Waals surface area contributed by atoms with Crippen LogP contribution in [0.2, 0.25) is 0 Å². The van der Waals surface area contributed by atoms with Crippen LogP contribution in [0.25, 0.3) is 11.0 Å². The smallest absolute Gasteiger partial charge is 0.328 e. The van der Waals surface area contributed by atoms with Crippen LogP contribution in [0.1, 0.15) is 19.3 Å². The van der Waals surface area contributed by atoms with Crippen molar-refractivity contribution in [2.45, 2.75) is 31.0 Å². The Morgan fingerprint density at radius 2 is 2.11 bits per heavy atom. The Bertz CT molecular complexity index is 942. The van der Waals surface area contributed by atoms with E-state index in [-0.39, 0.29) is 23.3 Å². The summed E-state index contributed by atoms with van der Waals surface area (Å²) in [5, 5.41) is 2.96. The molecule has 2 aliphatic rings. The number of benzene rings is 1. The minimum atomic E-state index is -0.283. The van der Waals surface area contributed by atoms with Gasteiger partial charge in [0.05, 0.1) is 23.7 Å². The van der Waals surface area contributed by atoms with Gasteiger partial charge < -0.3 is 14.8 Å². The minimum Gasteiger partial charge on any atom is -0.378 e. The summed E-state index contributed by atoms with van der Waals surface area (Å²) in [6.07, 6.45) is 2.97. The molecule has 28 heavy (non-hydrogen) atoms. The first kappa shape index (κ1) is 19.2. The molecule has 0 bridgehead atoms. The highest BCUT2D eigenvalue weighted by Crippen LogP contribution is 2.36. The number of hydrogen-bond donors (Lipinski definition) is 1. The van der Waals surface area contributed by atoms with Gasteiger partial charge in [-0.15, -0.1) is 0 Å². The number of carbonyl (C=O) groups is 1. The topological polar surface area (TPSA) is 77.7 Å². The van der Waals surface area contributed by atoms with Crippen molar-refractivity contribution in [2.24, 2.45) is 14.1 Å². The number of ether oxygens (including phenoxy) is 2. The van der Waals surface area contributed by atoms with Crippen LogP contribution in [0.3, 0.4) is 0 Å². The second-order valence-electron chi connectivity index (χ2n) is 7.89. The summed E-state index contributed by atoms with van der Waals surface area (Å²) in [5.74, 6) is -0.0655. The molecule has 1 aromatic heterocycles. The number of carbonyl (C=O) groups excluding carboxylic acids is 1. The van der Waals surface area contributed by atoms with Crippen LogP contribution in [0.5, 0.6) is 0 Å². The van der Waals surface area contributed by atoms with Crippen LogP contribution in [0.15, 0.2) is 23.0 Å². The van der Waals surface area contributed by atoms with Gasteiger partial charge in [-0.2, -0.15) is 0 Å². The summed E-state index contributed by atoms with van der Waals surface area (Å²) in [7, 11) is 5.22. The molecule has 2 saturated heterocycles. The van der Waals surface area contributed by atoms with Crippen LogP contribution < -0.4 is 11.0 Å². The highest BCUT2D eigenvalue weighted by Gasteiger charge is 2.47. The first-order valence-electron chi connectivity index (χ1n) is 9.78. The fraction of sp³-hybridized carbons (Fsp3) is 0.600. The number of likely N-dealkylation sites (tertiary alicyclic amines) is 1. The number of piperidine rings is 1. The Morgan fingerprint density at radius 1 is 1.32 bits per heavy atom. The summed E-state index contributed by atoms with van der Waals surface area (Å²) in [4.78, 5) is 26.8. The van der Waals surface area contributed by atoms with E-state index in [1.165, 1.54) is 0 Å². The molecule has 152 valence electrons. The van der Waals surface area contributed by atoms with Crippen LogP contribution in [0, 0.1) is 0 Å². The van der Waals surface area contributed by atoms with Crippen LogP contribution in [-0.2, 0) is 28.4 Å². The van der Waals surface area contributed by atoms with Crippen molar-refractivity contribution >= 4 is 22.6 Å². The number of fused-ring (bicyclic) bond motifs is 1. The minimum absolute atomic E-state index is 0.0655. The summed E-state index contributed by atoms with van der Waals surface area (Å²) < 4.78 is 14.9. The number of methoxy groups -OCH3 is 1. The predicted octanol–water partition coefficient (Wildman–Crippen LogP) is 1.09. The Kier molecular flexibility index (Phi) is 5.03. The van der Waals surface area contributed by atoms with Crippen LogP contribution in [0.4, 0.5) is 5.69 Å². The van der Waals surface area contributed by atoms with Crippen molar-refractivity contribution in [1.29, 1.82) is 0 Å². The van der Waals surface area contributed by atoms with E-state index in [0.717, 1.165) is 43.4 Å². The number of nitrogens with one attached hydrogen (secondary N) is 1. The van der Waals surface area contributed by atoms with Crippen molar-refractivity contribution in [3.8, 4) is 0 Å². The average Bonchev–Trinajstić information content (AvgIpc) is 3.22. The summed E-state index contributed by atoms with van der Waals surface area (Å²) in [5.41, 5.74) is 1.96. The SMILES string of the molecule is COC1CCN(CC(=O)Nc2ccc3c(c2)n(C)c(=O)n3C)CC12CCCO2. The maximum atomic E-state index is 12.6. The van der Waals surface area contributed by atoms with Crippen molar-refractivity contribution in [3.05, 3.63) is 28.7 Å². The molecule has 0 radical (unpaired) electrons. The van der Waals surface area contributed by atoms with Crippen molar-refractivity contribution in [1.82, 2.24) is 14.0 Å². The Hall–Kier alpha value is -2.16. The molecule has 2 fully saturated rings. The van der Waals surface area contributed by atoms with Gasteiger partial charge in [-0.3, -0.25) is 18.8 Å². The van der Waals surface area contributed by atoms with E-state index in [1.807, 2.05) is 18.2 Å². The third-order valence-electron chi connectivity index (χ3n) is 6.13. The molecule has 4 rings (SSSR count). The Morgan fingerprint density at radius 3 is 2.82 bits per heavy atom. The molecular formula is C20H28N4O4. The quantitative estimate of drug-likeness (QED) is 0.848. The molecule has 8 nitrogen and oxygen atoms in total. The van der Waals surface area contributed by atoms with E-state index >= 15 is 0 Å². The molecule has 0 saturated carbocycles. The molecular weight excluding hydrogens is 360 g/mol. The first-order chi connectivity index (χ1) is 13.4. The number of anilines is 1. The lowest BCUT2D eigenvalue weighted by Crippen LogP contribution is -2.58. The summed E-state index contributed by atoms with van der Waals surface area (Å²) in [6, 6.07) is 5.53. The van der Waals surface area contributed by atoms with Crippen molar-refractivity contribution < 1.29 is 14.3 Å². The summed E-state index contributed by atoms with van der Waals surface area (Å²) in [6.45, 7) is 2.59. The zero-order valence-corrected chi connectivity index (χ0v) is 16.7. The van der Waals surface area contributed by atoms with Crippen molar-refractivity contribution in [3.63, 3.8) is 0 Å². The van der Waals surface area contributed by atoms with Gasteiger partial charge in [0, 0.05) is 46.6 Å². The number of amides is 1. The van der Waals surface area contributed by atoms with Gasteiger partial charge in [-0.05, 0) is 37.5 Å². The molecule has 1 spiro atoms. The maximum Gasteiger partial charge on any atom is 0.328 e. The standard InChI is InChI=1S/C20H28N4O4/c1-22-15-6-5-14(11-16(15)23(2)19(22)26)21-18(25)12-24-9-7-17(27-3)20(13-24)8-4-10-28-20/h5-6,11,17H,4,7-10,12-13H2,1-3H3,(H,21,25). The van der Waals surface area contributed by atoms with Gasteiger partial charge in [0.25, 0.3) is 0 Å². The molecule has 2 unspecified atom stereocenters. The first-order valence-corrected chi connectivity index (χ1v) is 9.78. The van der Waals surface area contributed by atoms with Gasteiger partial charge in [0.2, 0.25) is 5.91 Å². The molecule has 3 heterocycles. The molecule has 1 amide bonds. The normalized spacial score (nSPS) is 25.6. The molecule has 0 aliphatic carbocycles. The molecule has 2 atom stereocenters. The fourth-order valence-corrected chi connectivity index (χ4v) is 4.68. The van der Waals surface area contributed by atoms with E-state index in [0.29, 0.717) is 18.8 Å². The molecule has 2 aliphatic heterocycles. The number of hydrogen-bond acceptors (Lipinski definition) is 5. The van der Waals surface area contributed by atoms with Gasteiger partial charge in [-0.25, -0.2) is 4.79 Å². The largest absolute Gasteiger partial charge is 0.378 e. The highest BCUT2D eigenvalue weighted by molar-refractivity contribution is 5.94. The third-order valence-corrected chi connectivity index (χ3v) is 6.13.